The van der Waals surface area contributed by atoms with E-state index >= 15 is 0 Å². The molecule has 0 N–H and O–H groups in total. The van der Waals surface area contributed by atoms with Gasteiger partial charge in [0.2, 0.25) is 0 Å². The first-order valence-corrected chi connectivity index (χ1v) is 16.5. The summed E-state index contributed by atoms with van der Waals surface area (Å²) in [4.78, 5) is 17.0. The third kappa shape index (κ3) is 4.11. The number of nitrogens with zero attached hydrogens (tertiary/aromatic N) is 3. The van der Waals surface area contributed by atoms with E-state index in [1.807, 2.05) is 19.1 Å². The fourth-order valence-corrected chi connectivity index (χ4v) is 8.67. The van der Waals surface area contributed by atoms with Gasteiger partial charge in [-0.2, -0.15) is 0 Å². The van der Waals surface area contributed by atoms with Crippen molar-refractivity contribution in [2.75, 3.05) is 0 Å². The molecule has 7 aromatic rings. The summed E-state index contributed by atoms with van der Waals surface area (Å²) in [7, 11) is 0. The molecule has 218 valence electrons. The second-order valence-corrected chi connectivity index (χ2v) is 13.3. The average molecular weight is 628 g/mol. The Hall–Kier alpha value is -5.03. The van der Waals surface area contributed by atoms with Crippen LogP contribution in [0, 0.1) is 6.92 Å². The number of fused-ring (bicyclic) bond motifs is 9. The molecule has 1 atom stereocenters. The standard InChI is InChI=1S/C41H26ClN3S/c1-25-43-39(28-17-15-27(16-18-28)26-9-3-2-4-10-26)45-40(44-25)29-19-21-34-32(23-29)31-11-5-6-12-33(31)41(34)35-13-7-8-14-37(35)46-38-24-30(42)20-22-36(38)41/h2-24H,1H3. The second kappa shape index (κ2) is 10.5. The lowest BCUT2D eigenvalue weighted by Crippen LogP contribution is -2.31. The van der Waals surface area contributed by atoms with E-state index < -0.39 is 5.41 Å². The predicted octanol–water partition coefficient (Wildman–Crippen LogP) is 10.7. The second-order valence-electron chi connectivity index (χ2n) is 11.8. The van der Waals surface area contributed by atoms with Gasteiger partial charge in [-0.25, -0.2) is 15.0 Å². The van der Waals surface area contributed by atoms with Crippen LogP contribution in [0.3, 0.4) is 0 Å². The van der Waals surface area contributed by atoms with Crippen molar-refractivity contribution in [3.05, 3.63) is 173 Å². The van der Waals surface area contributed by atoms with Gasteiger partial charge in [-0.3, -0.25) is 0 Å². The molecule has 0 bridgehead atoms. The maximum Gasteiger partial charge on any atom is 0.163 e. The smallest absolute Gasteiger partial charge is 0.163 e. The molecule has 6 aromatic carbocycles. The van der Waals surface area contributed by atoms with Gasteiger partial charge in [-0.1, -0.05) is 139 Å². The van der Waals surface area contributed by atoms with Crippen LogP contribution in [0.15, 0.2) is 149 Å². The van der Waals surface area contributed by atoms with Crippen LogP contribution in [-0.2, 0) is 5.41 Å². The molecule has 1 unspecified atom stereocenters. The summed E-state index contributed by atoms with van der Waals surface area (Å²) in [5.41, 5.74) is 11.3. The largest absolute Gasteiger partial charge is 0.213 e. The van der Waals surface area contributed by atoms with Crippen molar-refractivity contribution >= 4 is 23.4 Å². The fraction of sp³-hybridized carbons (Fsp3) is 0.0488. The van der Waals surface area contributed by atoms with Crippen molar-refractivity contribution in [2.24, 2.45) is 0 Å². The Morgan fingerprint density at radius 1 is 0.478 bits per heavy atom. The SMILES string of the molecule is Cc1nc(-c2ccc(-c3ccccc3)cc2)nc(-c2ccc3c(c2)-c2ccccc2C32c3ccccc3Sc3cc(Cl)ccc32)n1. The van der Waals surface area contributed by atoms with Crippen LogP contribution in [0.2, 0.25) is 5.02 Å². The number of aromatic nitrogens is 3. The summed E-state index contributed by atoms with van der Waals surface area (Å²) < 4.78 is 0. The van der Waals surface area contributed by atoms with E-state index in [1.165, 1.54) is 48.7 Å². The van der Waals surface area contributed by atoms with Crippen LogP contribution >= 0.6 is 23.4 Å². The van der Waals surface area contributed by atoms with Crippen LogP contribution < -0.4 is 0 Å². The Morgan fingerprint density at radius 3 is 1.89 bits per heavy atom. The molecule has 46 heavy (non-hydrogen) atoms. The van der Waals surface area contributed by atoms with Crippen LogP contribution in [0.5, 0.6) is 0 Å². The first kappa shape index (κ1) is 27.3. The zero-order valence-electron chi connectivity index (χ0n) is 24.9. The molecule has 0 saturated heterocycles. The molecule has 2 heterocycles. The molecule has 0 fully saturated rings. The molecule has 9 rings (SSSR count). The number of halogens is 1. The summed E-state index contributed by atoms with van der Waals surface area (Å²) in [6.07, 6.45) is 0. The highest BCUT2D eigenvalue weighted by Crippen LogP contribution is 2.62. The molecule has 1 spiro atoms. The normalized spacial score (nSPS) is 15.6. The molecule has 2 aliphatic rings. The molecule has 0 saturated carbocycles. The lowest BCUT2D eigenvalue weighted by atomic mass is 9.67. The van der Waals surface area contributed by atoms with E-state index in [0.29, 0.717) is 17.5 Å². The Balaban J connectivity index is 1.20. The van der Waals surface area contributed by atoms with Gasteiger partial charge in [0, 0.05) is 25.9 Å². The van der Waals surface area contributed by atoms with Crippen molar-refractivity contribution < 1.29 is 0 Å². The van der Waals surface area contributed by atoms with Crippen molar-refractivity contribution in [1.82, 2.24) is 15.0 Å². The minimum Gasteiger partial charge on any atom is -0.213 e. The molecule has 1 aliphatic carbocycles. The highest BCUT2D eigenvalue weighted by molar-refractivity contribution is 7.99. The van der Waals surface area contributed by atoms with Gasteiger partial charge in [0.25, 0.3) is 0 Å². The summed E-state index contributed by atoms with van der Waals surface area (Å²) in [5.74, 6) is 2.03. The minimum absolute atomic E-state index is 0.451. The third-order valence-electron chi connectivity index (χ3n) is 9.16. The van der Waals surface area contributed by atoms with E-state index in [2.05, 4.69) is 127 Å². The van der Waals surface area contributed by atoms with Gasteiger partial charge in [0.1, 0.15) is 5.82 Å². The molecule has 5 heteroatoms. The Bertz CT molecular complexity index is 2320. The maximum atomic E-state index is 6.56. The zero-order chi connectivity index (χ0) is 30.8. The van der Waals surface area contributed by atoms with Crippen LogP contribution in [0.25, 0.3) is 45.0 Å². The van der Waals surface area contributed by atoms with Crippen LogP contribution in [-0.4, -0.2) is 15.0 Å². The number of aryl methyl sites for hydroxylation is 1. The van der Waals surface area contributed by atoms with E-state index in [9.17, 15) is 0 Å². The highest BCUT2D eigenvalue weighted by atomic mass is 35.5. The van der Waals surface area contributed by atoms with Gasteiger partial charge >= 0.3 is 0 Å². The molecule has 0 radical (unpaired) electrons. The Kier molecular flexibility index (Phi) is 6.24. The summed E-state index contributed by atoms with van der Waals surface area (Å²) >= 11 is 8.36. The van der Waals surface area contributed by atoms with Gasteiger partial charge in [-0.05, 0) is 75.7 Å². The van der Waals surface area contributed by atoms with Crippen LogP contribution in [0.1, 0.15) is 28.1 Å². The highest BCUT2D eigenvalue weighted by Gasteiger charge is 2.50. The topological polar surface area (TPSA) is 38.7 Å². The van der Waals surface area contributed by atoms with Crippen molar-refractivity contribution in [1.29, 1.82) is 0 Å². The fourth-order valence-electron chi connectivity index (χ4n) is 7.21. The summed E-state index contributed by atoms with van der Waals surface area (Å²) in [5, 5.41) is 0.748. The predicted molar refractivity (Wildman–Crippen MR) is 187 cm³/mol. The van der Waals surface area contributed by atoms with E-state index in [1.54, 1.807) is 11.8 Å². The van der Waals surface area contributed by atoms with Crippen molar-refractivity contribution in [3.8, 4) is 45.0 Å². The first-order chi connectivity index (χ1) is 22.6. The minimum atomic E-state index is -0.451. The van der Waals surface area contributed by atoms with Crippen molar-refractivity contribution in [3.63, 3.8) is 0 Å². The molecule has 1 aliphatic heterocycles. The van der Waals surface area contributed by atoms with E-state index in [-0.39, 0.29) is 0 Å². The van der Waals surface area contributed by atoms with Gasteiger partial charge < -0.3 is 0 Å². The van der Waals surface area contributed by atoms with Gasteiger partial charge in [0.15, 0.2) is 11.6 Å². The lowest BCUT2D eigenvalue weighted by molar-refractivity contribution is 0.722. The quantitative estimate of drug-likeness (QED) is 0.195. The zero-order valence-corrected chi connectivity index (χ0v) is 26.5. The average Bonchev–Trinajstić information content (AvgIpc) is 3.38. The Labute approximate surface area is 277 Å². The van der Waals surface area contributed by atoms with Gasteiger partial charge in [0.05, 0.1) is 5.41 Å². The van der Waals surface area contributed by atoms with Crippen molar-refractivity contribution in [2.45, 2.75) is 22.1 Å². The molecular formula is C41H26ClN3S. The third-order valence-corrected chi connectivity index (χ3v) is 10.5. The monoisotopic (exact) mass is 627 g/mol. The number of hydrogen-bond donors (Lipinski definition) is 0. The number of benzene rings is 6. The lowest BCUT2D eigenvalue weighted by Gasteiger charge is -2.39. The summed E-state index contributed by atoms with van der Waals surface area (Å²) in [6, 6.07) is 49.5. The molecular weight excluding hydrogens is 602 g/mol. The molecule has 0 amide bonds. The number of rotatable bonds is 3. The Morgan fingerprint density at radius 2 is 1.07 bits per heavy atom. The van der Waals surface area contributed by atoms with E-state index in [4.69, 9.17) is 26.6 Å². The molecule has 3 nitrogen and oxygen atoms in total. The van der Waals surface area contributed by atoms with E-state index in [0.717, 1.165) is 21.7 Å². The maximum absolute atomic E-state index is 6.56. The first-order valence-electron chi connectivity index (χ1n) is 15.3. The van der Waals surface area contributed by atoms with Crippen LogP contribution in [0.4, 0.5) is 0 Å². The summed E-state index contributed by atoms with van der Waals surface area (Å²) in [6.45, 7) is 1.93. The molecule has 1 aromatic heterocycles. The van der Waals surface area contributed by atoms with Gasteiger partial charge in [-0.15, -0.1) is 0 Å². The number of hydrogen-bond acceptors (Lipinski definition) is 4.